The summed E-state index contributed by atoms with van der Waals surface area (Å²) in [6.45, 7) is 3.85. The lowest BCUT2D eigenvalue weighted by molar-refractivity contribution is -0.127. The van der Waals surface area contributed by atoms with E-state index in [0.29, 0.717) is 21.9 Å². The number of benzene rings is 2. The van der Waals surface area contributed by atoms with Crippen LogP contribution in [0, 0.1) is 5.41 Å². The number of ether oxygens (including phenoxy) is 2. The molecule has 2 aliphatic heterocycles. The van der Waals surface area contributed by atoms with Crippen LogP contribution in [0.25, 0.3) is 11.3 Å². The van der Waals surface area contributed by atoms with Gasteiger partial charge in [0.2, 0.25) is 0 Å². The van der Waals surface area contributed by atoms with Crippen LogP contribution in [0.15, 0.2) is 51.9 Å². The van der Waals surface area contributed by atoms with Gasteiger partial charge in [-0.2, -0.15) is 0 Å². The SMILES string of the molecule is COc1ccccc1S(=O)Nc1noc2c1CC1(CC1)c1ccc(N3CC4(COC4)C3)cc1-2. The molecule has 4 aliphatic rings. The molecule has 0 bridgehead atoms. The average molecular weight is 464 g/mol. The Morgan fingerprint density at radius 2 is 1.97 bits per heavy atom. The van der Waals surface area contributed by atoms with Crippen molar-refractivity contribution in [1.82, 2.24) is 5.16 Å². The van der Waals surface area contributed by atoms with Crippen molar-refractivity contribution in [2.24, 2.45) is 5.41 Å². The predicted molar refractivity (Wildman–Crippen MR) is 125 cm³/mol. The lowest BCUT2D eigenvalue weighted by atomic mass is 9.76. The molecule has 2 aliphatic carbocycles. The summed E-state index contributed by atoms with van der Waals surface area (Å²) < 4.78 is 32.9. The van der Waals surface area contributed by atoms with Gasteiger partial charge in [0.15, 0.2) is 22.6 Å². The standard InChI is InChI=1S/C25H25N3O4S/c1-30-20-4-2-3-5-21(20)33(29)27-23-18-11-25(8-9-25)19-7-6-16(10-17(19)22(18)32-26-23)28-12-24(13-28)14-31-15-24/h2-7,10H,8-9,11-15H2,1H3,(H,26,27). The Morgan fingerprint density at radius 3 is 2.70 bits per heavy atom. The molecule has 33 heavy (non-hydrogen) atoms. The lowest BCUT2D eigenvalue weighted by Crippen LogP contribution is -2.66. The second-order valence-corrected chi connectivity index (χ2v) is 11.1. The molecule has 7 rings (SSSR count). The number of rotatable bonds is 5. The first-order valence-corrected chi connectivity index (χ1v) is 12.5. The Labute approximate surface area is 194 Å². The van der Waals surface area contributed by atoms with Gasteiger partial charge < -0.3 is 18.9 Å². The van der Waals surface area contributed by atoms with E-state index in [1.54, 1.807) is 19.2 Å². The minimum absolute atomic E-state index is 0.146. The molecule has 3 fully saturated rings. The Bertz CT molecular complexity index is 1290. The van der Waals surface area contributed by atoms with Crippen molar-refractivity contribution in [2.45, 2.75) is 29.6 Å². The van der Waals surface area contributed by atoms with Gasteiger partial charge in [-0.3, -0.25) is 4.72 Å². The number of nitrogens with zero attached hydrogens (tertiary/aromatic N) is 2. The van der Waals surface area contributed by atoms with E-state index in [1.807, 2.05) is 12.1 Å². The van der Waals surface area contributed by atoms with E-state index in [1.165, 1.54) is 11.3 Å². The lowest BCUT2D eigenvalue weighted by Gasteiger charge is -2.56. The normalized spacial score (nSPS) is 21.5. The van der Waals surface area contributed by atoms with E-state index < -0.39 is 11.0 Å². The molecular weight excluding hydrogens is 438 g/mol. The Balaban J connectivity index is 1.22. The zero-order valence-electron chi connectivity index (χ0n) is 18.4. The number of para-hydroxylation sites is 1. The smallest absolute Gasteiger partial charge is 0.185 e. The van der Waals surface area contributed by atoms with Crippen LogP contribution in [0.1, 0.15) is 24.0 Å². The number of fused-ring (bicyclic) bond motifs is 4. The molecule has 170 valence electrons. The fourth-order valence-electron chi connectivity index (χ4n) is 5.61. The molecule has 1 unspecified atom stereocenters. The van der Waals surface area contributed by atoms with E-state index in [-0.39, 0.29) is 5.41 Å². The molecule has 8 heteroatoms. The molecule has 7 nitrogen and oxygen atoms in total. The molecule has 0 radical (unpaired) electrons. The van der Waals surface area contributed by atoms with Gasteiger partial charge in [0.25, 0.3) is 0 Å². The molecule has 2 spiro atoms. The topological polar surface area (TPSA) is 76.8 Å². The minimum Gasteiger partial charge on any atom is -0.495 e. The van der Waals surface area contributed by atoms with Crippen molar-refractivity contribution in [3.05, 3.63) is 53.6 Å². The first kappa shape index (κ1) is 19.6. The van der Waals surface area contributed by atoms with Crippen molar-refractivity contribution in [1.29, 1.82) is 0 Å². The molecule has 2 aromatic carbocycles. The third-order valence-corrected chi connectivity index (χ3v) is 8.78. The van der Waals surface area contributed by atoms with E-state index in [0.717, 1.165) is 62.5 Å². The van der Waals surface area contributed by atoms with Crippen molar-refractivity contribution in [3.8, 4) is 17.1 Å². The fourth-order valence-corrected chi connectivity index (χ4v) is 6.59. The van der Waals surface area contributed by atoms with Gasteiger partial charge in [-0.05, 0) is 49.1 Å². The largest absolute Gasteiger partial charge is 0.495 e. The maximum atomic E-state index is 13.1. The average Bonchev–Trinajstić information content (AvgIpc) is 3.44. The summed E-state index contributed by atoms with van der Waals surface area (Å²) in [5, 5.41) is 4.32. The van der Waals surface area contributed by atoms with Crippen molar-refractivity contribution in [3.63, 3.8) is 0 Å². The first-order valence-electron chi connectivity index (χ1n) is 11.4. The van der Waals surface area contributed by atoms with Crippen LogP contribution in [0.3, 0.4) is 0 Å². The number of nitrogens with one attached hydrogen (secondary N) is 1. The van der Waals surface area contributed by atoms with Crippen LogP contribution in [-0.2, 0) is 27.6 Å². The van der Waals surface area contributed by atoms with E-state index in [9.17, 15) is 4.21 Å². The third-order valence-electron chi connectivity index (χ3n) is 7.67. The Kier molecular flexibility index (Phi) is 4.06. The van der Waals surface area contributed by atoms with Gasteiger partial charge in [-0.1, -0.05) is 23.4 Å². The van der Waals surface area contributed by atoms with Gasteiger partial charge in [0, 0.05) is 35.3 Å². The molecule has 1 saturated carbocycles. The number of aromatic nitrogens is 1. The van der Waals surface area contributed by atoms with Gasteiger partial charge in [0.05, 0.1) is 25.7 Å². The monoisotopic (exact) mass is 463 g/mol. The maximum Gasteiger partial charge on any atom is 0.185 e. The summed E-state index contributed by atoms with van der Waals surface area (Å²) in [5.41, 5.74) is 5.23. The summed E-state index contributed by atoms with van der Waals surface area (Å²) in [6, 6.07) is 14.1. The van der Waals surface area contributed by atoms with Crippen LogP contribution < -0.4 is 14.4 Å². The summed E-state index contributed by atoms with van der Waals surface area (Å²) in [7, 11) is 0.0712. The van der Waals surface area contributed by atoms with Crippen LogP contribution in [-0.4, -0.2) is 42.8 Å². The van der Waals surface area contributed by atoms with Gasteiger partial charge in [0.1, 0.15) is 10.6 Å². The van der Waals surface area contributed by atoms with Crippen molar-refractivity contribution in [2.75, 3.05) is 43.0 Å². The maximum absolute atomic E-state index is 13.1. The minimum atomic E-state index is -1.51. The van der Waals surface area contributed by atoms with Gasteiger partial charge in [-0.15, -0.1) is 0 Å². The van der Waals surface area contributed by atoms with Crippen molar-refractivity contribution >= 4 is 22.5 Å². The highest BCUT2D eigenvalue weighted by Gasteiger charge is 2.52. The molecule has 3 heterocycles. The molecule has 1 atom stereocenters. The number of hydrogen-bond donors (Lipinski definition) is 1. The van der Waals surface area contributed by atoms with Crippen LogP contribution >= 0.6 is 0 Å². The Hall–Kier alpha value is -2.84. The predicted octanol–water partition coefficient (Wildman–Crippen LogP) is 3.91. The Morgan fingerprint density at radius 1 is 1.15 bits per heavy atom. The summed E-state index contributed by atoms with van der Waals surface area (Å²) in [5.74, 6) is 1.94. The molecule has 1 aromatic heterocycles. The molecule has 2 saturated heterocycles. The van der Waals surface area contributed by atoms with Gasteiger partial charge >= 0.3 is 0 Å². The molecular formula is C25H25N3O4S. The number of anilines is 2. The summed E-state index contributed by atoms with van der Waals surface area (Å²) >= 11 is 0. The zero-order valence-corrected chi connectivity index (χ0v) is 19.2. The zero-order chi connectivity index (χ0) is 22.2. The third kappa shape index (κ3) is 2.90. The second kappa shape index (κ2) is 6.84. The second-order valence-electron chi connectivity index (χ2n) is 9.90. The summed E-state index contributed by atoms with van der Waals surface area (Å²) in [4.78, 5) is 3.01. The van der Waals surface area contributed by atoms with E-state index in [4.69, 9.17) is 14.0 Å². The van der Waals surface area contributed by atoms with Crippen LogP contribution in [0.5, 0.6) is 5.75 Å². The highest BCUT2D eigenvalue weighted by atomic mass is 32.2. The highest BCUT2D eigenvalue weighted by molar-refractivity contribution is 7.86. The van der Waals surface area contributed by atoms with E-state index >= 15 is 0 Å². The van der Waals surface area contributed by atoms with Crippen LogP contribution in [0.4, 0.5) is 11.5 Å². The molecule has 1 N–H and O–H groups in total. The van der Waals surface area contributed by atoms with Crippen molar-refractivity contribution < 1.29 is 18.2 Å². The molecule has 3 aromatic rings. The van der Waals surface area contributed by atoms with Gasteiger partial charge in [-0.25, -0.2) is 4.21 Å². The highest BCUT2D eigenvalue weighted by Crippen LogP contribution is 2.59. The number of hydrogen-bond acceptors (Lipinski definition) is 6. The number of methoxy groups -OCH3 is 1. The van der Waals surface area contributed by atoms with E-state index in [2.05, 4.69) is 33.0 Å². The summed E-state index contributed by atoms with van der Waals surface area (Å²) in [6.07, 6.45) is 3.17. The quantitative estimate of drug-likeness (QED) is 0.618. The molecule has 0 amide bonds. The first-order chi connectivity index (χ1) is 16.1. The van der Waals surface area contributed by atoms with Crippen LogP contribution in [0.2, 0.25) is 0 Å². The fraction of sp³-hybridized carbons (Fsp3) is 0.400.